The van der Waals surface area contributed by atoms with Gasteiger partial charge in [0.1, 0.15) is 6.04 Å². The molecule has 23 heavy (non-hydrogen) atoms. The molecule has 1 atom stereocenters. The minimum atomic E-state index is -4.25. The zero-order valence-corrected chi connectivity index (χ0v) is 12.6. The van der Waals surface area contributed by atoms with Crippen LogP contribution in [0.15, 0.2) is 60.7 Å². The first-order valence-corrected chi connectivity index (χ1v) is 7.70. The molecule has 2 aromatic carbocycles. The van der Waals surface area contributed by atoms with Crippen LogP contribution in [0.3, 0.4) is 0 Å². The van der Waals surface area contributed by atoms with Crippen molar-refractivity contribution in [3.63, 3.8) is 0 Å². The highest BCUT2D eigenvalue weighted by Gasteiger charge is 2.47. The Morgan fingerprint density at radius 1 is 0.913 bits per heavy atom. The van der Waals surface area contributed by atoms with Crippen molar-refractivity contribution in [2.75, 3.05) is 19.6 Å². The maximum absolute atomic E-state index is 13.5. The van der Waals surface area contributed by atoms with Gasteiger partial charge in [-0.05, 0) is 11.1 Å². The lowest BCUT2D eigenvalue weighted by molar-refractivity contribution is -0.191. The average molecular weight is 320 g/mol. The van der Waals surface area contributed by atoms with E-state index in [9.17, 15) is 13.2 Å². The van der Waals surface area contributed by atoms with Crippen molar-refractivity contribution in [3.8, 4) is 0 Å². The molecule has 1 N–H and O–H groups in total. The van der Waals surface area contributed by atoms with Crippen LogP contribution in [-0.4, -0.2) is 36.8 Å². The van der Waals surface area contributed by atoms with Crippen LogP contribution in [0.25, 0.3) is 0 Å². The Bertz CT molecular complexity index is 574. The van der Waals surface area contributed by atoms with Crippen molar-refractivity contribution < 1.29 is 13.2 Å². The molecule has 122 valence electrons. The number of nitrogens with zero attached hydrogens (tertiary/aromatic N) is 1. The van der Waals surface area contributed by atoms with Crippen molar-refractivity contribution in [2.45, 2.75) is 18.3 Å². The molecule has 0 spiro atoms. The fourth-order valence-electron chi connectivity index (χ4n) is 3.18. The number of hydrogen-bond donors (Lipinski definition) is 1. The quantitative estimate of drug-likeness (QED) is 0.929. The van der Waals surface area contributed by atoms with Crippen LogP contribution in [0.2, 0.25) is 0 Å². The number of piperazine rings is 1. The van der Waals surface area contributed by atoms with Gasteiger partial charge in [-0.2, -0.15) is 13.2 Å². The average Bonchev–Trinajstić information content (AvgIpc) is 2.57. The molecule has 1 aliphatic rings. The summed E-state index contributed by atoms with van der Waals surface area (Å²) in [5.74, 6) is 0. The lowest BCUT2D eigenvalue weighted by Crippen LogP contribution is -2.58. The summed E-state index contributed by atoms with van der Waals surface area (Å²) in [7, 11) is 0. The summed E-state index contributed by atoms with van der Waals surface area (Å²) in [6.07, 6.45) is -4.25. The third kappa shape index (κ3) is 3.57. The molecule has 1 heterocycles. The summed E-state index contributed by atoms with van der Waals surface area (Å²) >= 11 is 0. The predicted octanol–water partition coefficient (Wildman–Crippen LogP) is 3.61. The molecule has 1 fully saturated rings. The first-order chi connectivity index (χ1) is 11.1. The van der Waals surface area contributed by atoms with Gasteiger partial charge < -0.3 is 5.32 Å². The van der Waals surface area contributed by atoms with Gasteiger partial charge in [0.05, 0.1) is 6.04 Å². The van der Waals surface area contributed by atoms with E-state index < -0.39 is 18.3 Å². The number of alkyl halides is 3. The molecule has 3 rings (SSSR count). The number of nitrogens with one attached hydrogen (secondary N) is 1. The molecular formula is C18H19F3N2. The number of rotatable bonds is 3. The van der Waals surface area contributed by atoms with Crippen LogP contribution in [0, 0.1) is 0 Å². The van der Waals surface area contributed by atoms with Crippen molar-refractivity contribution in [3.05, 3.63) is 71.8 Å². The van der Waals surface area contributed by atoms with E-state index in [0.717, 1.165) is 11.1 Å². The second-order valence-electron chi connectivity index (χ2n) is 5.72. The van der Waals surface area contributed by atoms with E-state index >= 15 is 0 Å². The van der Waals surface area contributed by atoms with E-state index in [1.165, 1.54) is 0 Å². The van der Waals surface area contributed by atoms with Crippen molar-refractivity contribution >= 4 is 0 Å². The number of hydrogen-bond acceptors (Lipinski definition) is 2. The SMILES string of the molecule is FC(F)(F)C1CNCCN1C(c1ccccc1)c1ccccc1. The van der Waals surface area contributed by atoms with Gasteiger partial charge in [-0.3, -0.25) is 4.90 Å². The van der Waals surface area contributed by atoms with Gasteiger partial charge >= 0.3 is 6.18 Å². The Hall–Kier alpha value is -1.85. The molecule has 2 aromatic rings. The van der Waals surface area contributed by atoms with E-state index in [4.69, 9.17) is 0 Å². The topological polar surface area (TPSA) is 15.3 Å². The number of halogens is 3. The van der Waals surface area contributed by atoms with E-state index in [1.807, 2.05) is 60.7 Å². The highest BCUT2D eigenvalue weighted by atomic mass is 19.4. The summed E-state index contributed by atoms with van der Waals surface area (Å²) < 4.78 is 40.5. The maximum Gasteiger partial charge on any atom is 0.405 e. The molecule has 0 aromatic heterocycles. The predicted molar refractivity (Wildman–Crippen MR) is 84.1 cm³/mol. The Kier molecular flexibility index (Phi) is 4.68. The lowest BCUT2D eigenvalue weighted by Gasteiger charge is -2.42. The van der Waals surface area contributed by atoms with E-state index in [-0.39, 0.29) is 6.54 Å². The molecule has 5 heteroatoms. The highest BCUT2D eigenvalue weighted by molar-refractivity contribution is 5.32. The van der Waals surface area contributed by atoms with Gasteiger partial charge in [-0.25, -0.2) is 0 Å². The zero-order chi connectivity index (χ0) is 16.3. The fraction of sp³-hybridized carbons (Fsp3) is 0.333. The molecule has 1 saturated heterocycles. The lowest BCUT2D eigenvalue weighted by atomic mass is 9.94. The summed E-state index contributed by atoms with van der Waals surface area (Å²) in [6, 6.07) is 16.9. The summed E-state index contributed by atoms with van der Waals surface area (Å²) in [5, 5.41) is 2.87. The molecule has 0 amide bonds. The second-order valence-corrected chi connectivity index (χ2v) is 5.72. The van der Waals surface area contributed by atoms with Crippen LogP contribution >= 0.6 is 0 Å². The highest BCUT2D eigenvalue weighted by Crippen LogP contribution is 2.36. The van der Waals surface area contributed by atoms with Crippen LogP contribution in [0.1, 0.15) is 17.2 Å². The molecule has 0 radical (unpaired) electrons. The minimum Gasteiger partial charge on any atom is -0.314 e. The molecule has 1 aliphatic heterocycles. The normalized spacial score (nSPS) is 19.9. The van der Waals surface area contributed by atoms with Crippen LogP contribution in [0.5, 0.6) is 0 Å². The molecule has 0 bridgehead atoms. The number of benzene rings is 2. The van der Waals surface area contributed by atoms with Gasteiger partial charge in [0, 0.05) is 19.6 Å². The van der Waals surface area contributed by atoms with E-state index in [2.05, 4.69) is 5.32 Å². The van der Waals surface area contributed by atoms with E-state index in [1.54, 1.807) is 4.90 Å². The third-order valence-electron chi connectivity index (χ3n) is 4.22. The largest absolute Gasteiger partial charge is 0.405 e. The monoisotopic (exact) mass is 320 g/mol. The Morgan fingerprint density at radius 2 is 1.43 bits per heavy atom. The Morgan fingerprint density at radius 3 is 1.91 bits per heavy atom. The van der Waals surface area contributed by atoms with Gasteiger partial charge in [-0.15, -0.1) is 0 Å². The molecular weight excluding hydrogens is 301 g/mol. The Balaban J connectivity index is 2.04. The Labute approximate surface area is 133 Å². The van der Waals surface area contributed by atoms with Gasteiger partial charge in [0.15, 0.2) is 0 Å². The summed E-state index contributed by atoms with van der Waals surface area (Å²) in [6.45, 7) is 0.848. The molecule has 1 unspecified atom stereocenters. The van der Waals surface area contributed by atoms with Gasteiger partial charge in [0.2, 0.25) is 0 Å². The smallest absolute Gasteiger partial charge is 0.314 e. The second kappa shape index (κ2) is 6.72. The third-order valence-corrected chi connectivity index (χ3v) is 4.22. The summed E-state index contributed by atoms with van der Waals surface area (Å²) in [4.78, 5) is 1.57. The first kappa shape index (κ1) is 16.0. The zero-order valence-electron chi connectivity index (χ0n) is 12.6. The molecule has 0 aliphatic carbocycles. The first-order valence-electron chi connectivity index (χ1n) is 7.70. The standard InChI is InChI=1S/C18H19F3N2/c19-18(20,21)16-13-22-11-12-23(16)17(14-7-3-1-4-8-14)15-9-5-2-6-10-15/h1-10,16-17,22H,11-13H2. The fourth-order valence-corrected chi connectivity index (χ4v) is 3.18. The van der Waals surface area contributed by atoms with Crippen molar-refractivity contribution in [1.29, 1.82) is 0 Å². The van der Waals surface area contributed by atoms with Gasteiger partial charge in [0.25, 0.3) is 0 Å². The van der Waals surface area contributed by atoms with E-state index in [0.29, 0.717) is 13.1 Å². The molecule has 0 saturated carbocycles. The van der Waals surface area contributed by atoms with Crippen molar-refractivity contribution in [2.24, 2.45) is 0 Å². The van der Waals surface area contributed by atoms with Crippen LogP contribution < -0.4 is 5.32 Å². The van der Waals surface area contributed by atoms with Gasteiger partial charge in [-0.1, -0.05) is 60.7 Å². The summed E-state index contributed by atoms with van der Waals surface area (Å²) in [5.41, 5.74) is 1.77. The van der Waals surface area contributed by atoms with Crippen LogP contribution in [0.4, 0.5) is 13.2 Å². The van der Waals surface area contributed by atoms with Crippen molar-refractivity contribution in [1.82, 2.24) is 10.2 Å². The maximum atomic E-state index is 13.5. The van der Waals surface area contributed by atoms with Crippen LogP contribution in [-0.2, 0) is 0 Å². The minimum absolute atomic E-state index is 0.0698. The molecule has 2 nitrogen and oxygen atoms in total.